The van der Waals surface area contributed by atoms with E-state index in [1.807, 2.05) is 24.3 Å². The summed E-state index contributed by atoms with van der Waals surface area (Å²) in [5, 5.41) is 33.1. The molecule has 1 unspecified atom stereocenters. The minimum absolute atomic E-state index is 0.0141. The molecule has 4 N–H and O–H groups in total. The van der Waals surface area contributed by atoms with Gasteiger partial charge in [0.05, 0.1) is 17.9 Å². The van der Waals surface area contributed by atoms with Gasteiger partial charge in [-0.05, 0) is 128 Å². The van der Waals surface area contributed by atoms with Gasteiger partial charge in [0.15, 0.2) is 5.78 Å². The number of hydrogen-bond donors (Lipinski definition) is 4. The van der Waals surface area contributed by atoms with Gasteiger partial charge >= 0.3 is 24.1 Å². The molecule has 0 heterocycles. The zero-order chi connectivity index (χ0) is 44.3. The van der Waals surface area contributed by atoms with E-state index < -0.39 is 41.0 Å². The summed E-state index contributed by atoms with van der Waals surface area (Å²) in [7, 11) is 0. The summed E-state index contributed by atoms with van der Waals surface area (Å²) >= 11 is 6.10. The third-order valence-corrected chi connectivity index (χ3v) is 16.6. The largest absolute Gasteiger partial charge is 0.490 e. The first-order valence-electron chi connectivity index (χ1n) is 21.2. The molecule has 13 heteroatoms. The Balaban J connectivity index is 0.000000867. The highest BCUT2D eigenvalue weighted by Gasteiger charge is 2.70. The predicted octanol–water partition coefficient (Wildman–Crippen LogP) is 9.82. The molecule has 6 rings (SSSR count). The number of nitrogens with one attached hydrogen (secondary N) is 1. The number of benzene rings is 1. The zero-order valence-corrected chi connectivity index (χ0v) is 36.9. The molecule has 5 aliphatic carbocycles. The van der Waals surface area contributed by atoms with Crippen molar-refractivity contribution in [2.75, 3.05) is 6.54 Å². The second kappa shape index (κ2) is 16.4. The Morgan fingerprint density at radius 1 is 0.881 bits per heavy atom. The first-order valence-corrected chi connectivity index (χ1v) is 21.6. The number of fused-ring (bicyclic) bond motifs is 7. The fourth-order valence-electron chi connectivity index (χ4n) is 13.1. The average Bonchev–Trinajstić information content (AvgIpc) is 3.43. The SMILES string of the molecule is CC(C)C1=C2[C@H]3CC[C@@H]4[C@@]5(C)CC[C@H](OC(=O)CC(C)(C)C(=O)O)C(C)(C)[C@@H]5CC[C@@]4(C)[C@]3(C)CC[C@@]2(C(O)CNCc2ccc(Cl)cc2)CC1=O.O=C(O)C(F)(F)F. The number of esters is 1. The van der Waals surface area contributed by atoms with E-state index in [1.54, 1.807) is 13.8 Å². The lowest BCUT2D eigenvalue weighted by Gasteiger charge is -2.72. The van der Waals surface area contributed by atoms with Crippen molar-refractivity contribution in [2.24, 2.45) is 56.2 Å². The number of alkyl halides is 3. The predicted molar refractivity (Wildman–Crippen MR) is 218 cm³/mol. The average molecular weight is 852 g/mol. The van der Waals surface area contributed by atoms with Crippen LogP contribution in [0, 0.1) is 56.2 Å². The fraction of sp³-hybridized carbons (Fsp3) is 0.739. The summed E-state index contributed by atoms with van der Waals surface area (Å²) < 4.78 is 37.9. The van der Waals surface area contributed by atoms with Crippen LogP contribution < -0.4 is 5.32 Å². The van der Waals surface area contributed by atoms with Gasteiger partial charge in [0.1, 0.15) is 6.10 Å². The number of Topliss-reactive ketones (excluding diaryl/α,β-unsaturated/α-hetero) is 1. The highest BCUT2D eigenvalue weighted by Crippen LogP contribution is 2.77. The second-order valence-corrected chi connectivity index (χ2v) is 21.1. The number of ketones is 1. The zero-order valence-electron chi connectivity index (χ0n) is 36.2. The maximum Gasteiger partial charge on any atom is 0.490 e. The second-order valence-electron chi connectivity index (χ2n) is 20.6. The molecule has 5 aliphatic rings. The molecule has 9 nitrogen and oxygen atoms in total. The molecule has 4 saturated carbocycles. The number of aliphatic carboxylic acids is 2. The minimum Gasteiger partial charge on any atom is -0.481 e. The molecule has 59 heavy (non-hydrogen) atoms. The van der Waals surface area contributed by atoms with Gasteiger partial charge in [-0.3, -0.25) is 14.4 Å². The van der Waals surface area contributed by atoms with Gasteiger partial charge in [-0.2, -0.15) is 13.2 Å². The first-order chi connectivity index (χ1) is 27.1. The number of carbonyl (C=O) groups is 4. The van der Waals surface area contributed by atoms with Crippen LogP contribution in [0.4, 0.5) is 13.2 Å². The number of aliphatic hydroxyl groups is 1. The molecule has 4 fully saturated rings. The Morgan fingerprint density at radius 3 is 2.05 bits per heavy atom. The Bertz CT molecular complexity index is 1830. The van der Waals surface area contributed by atoms with E-state index >= 15 is 0 Å². The minimum atomic E-state index is -5.08. The quantitative estimate of drug-likeness (QED) is 0.169. The van der Waals surface area contributed by atoms with Crippen LogP contribution in [0.15, 0.2) is 35.4 Å². The van der Waals surface area contributed by atoms with Crippen molar-refractivity contribution in [3.05, 3.63) is 46.0 Å². The van der Waals surface area contributed by atoms with Crippen molar-refractivity contribution in [1.29, 1.82) is 0 Å². The summed E-state index contributed by atoms with van der Waals surface area (Å²) in [6.07, 6.45) is 2.09. The Morgan fingerprint density at radius 2 is 1.49 bits per heavy atom. The van der Waals surface area contributed by atoms with E-state index in [-0.39, 0.29) is 51.8 Å². The normalized spacial score (nSPS) is 34.4. The third-order valence-electron chi connectivity index (χ3n) is 16.3. The lowest BCUT2D eigenvalue weighted by Crippen LogP contribution is -2.66. The van der Waals surface area contributed by atoms with E-state index in [4.69, 9.17) is 26.2 Å². The van der Waals surface area contributed by atoms with E-state index in [0.29, 0.717) is 36.4 Å². The van der Waals surface area contributed by atoms with Crippen LogP contribution in [0.25, 0.3) is 0 Å². The van der Waals surface area contributed by atoms with E-state index in [2.05, 4.69) is 53.8 Å². The molecule has 0 aromatic heterocycles. The van der Waals surface area contributed by atoms with Crippen LogP contribution in [0.3, 0.4) is 0 Å². The number of carboxylic acids is 2. The van der Waals surface area contributed by atoms with Crippen LogP contribution in [-0.4, -0.2) is 63.9 Å². The monoisotopic (exact) mass is 851 g/mol. The van der Waals surface area contributed by atoms with Crippen molar-refractivity contribution in [1.82, 2.24) is 5.32 Å². The van der Waals surface area contributed by atoms with E-state index in [9.17, 15) is 37.8 Å². The molecule has 1 aromatic rings. The number of hydrogen-bond acceptors (Lipinski definition) is 7. The molecule has 0 amide bonds. The number of carbonyl (C=O) groups excluding carboxylic acids is 2. The van der Waals surface area contributed by atoms with E-state index in [0.717, 1.165) is 62.5 Å². The molecule has 0 bridgehead atoms. The molecule has 1 aromatic carbocycles. The van der Waals surface area contributed by atoms with Crippen LogP contribution in [0.1, 0.15) is 132 Å². The molecular formula is C46H65ClF3NO8. The number of carboxylic acid groups (broad SMARTS) is 2. The topological polar surface area (TPSA) is 150 Å². The van der Waals surface area contributed by atoms with E-state index in [1.165, 1.54) is 5.57 Å². The van der Waals surface area contributed by atoms with Crippen LogP contribution in [0.2, 0.25) is 5.02 Å². The molecule has 0 aliphatic heterocycles. The summed E-state index contributed by atoms with van der Waals surface area (Å²) in [5.74, 6) is -2.72. The number of aliphatic hydroxyl groups excluding tert-OH is 1. The maximum absolute atomic E-state index is 14.0. The summed E-state index contributed by atoms with van der Waals surface area (Å²) in [4.78, 5) is 47.7. The van der Waals surface area contributed by atoms with Gasteiger partial charge in [-0.15, -0.1) is 0 Å². The lowest BCUT2D eigenvalue weighted by molar-refractivity contribution is -0.235. The van der Waals surface area contributed by atoms with Gasteiger partial charge in [0.2, 0.25) is 0 Å². The Kier molecular flexibility index (Phi) is 13.1. The highest BCUT2D eigenvalue weighted by atomic mass is 35.5. The van der Waals surface area contributed by atoms with Crippen molar-refractivity contribution < 1.29 is 52.4 Å². The smallest absolute Gasteiger partial charge is 0.481 e. The van der Waals surface area contributed by atoms with Crippen molar-refractivity contribution >= 4 is 35.3 Å². The van der Waals surface area contributed by atoms with Crippen molar-refractivity contribution in [3.63, 3.8) is 0 Å². The Labute approximate surface area is 352 Å². The number of ether oxygens (including phenoxy) is 1. The number of halogens is 4. The van der Waals surface area contributed by atoms with Gasteiger partial charge in [-0.1, -0.05) is 77.8 Å². The first kappa shape index (κ1) is 47.1. The van der Waals surface area contributed by atoms with Crippen LogP contribution in [-0.2, 0) is 30.5 Å². The summed E-state index contributed by atoms with van der Waals surface area (Å²) in [5.41, 5.74) is 1.55. The molecule has 330 valence electrons. The van der Waals surface area contributed by atoms with Gasteiger partial charge < -0.3 is 25.4 Å². The molecular weight excluding hydrogens is 787 g/mol. The lowest BCUT2D eigenvalue weighted by atomic mass is 9.33. The van der Waals surface area contributed by atoms with Gasteiger partial charge in [0.25, 0.3) is 0 Å². The van der Waals surface area contributed by atoms with Gasteiger partial charge in [-0.25, -0.2) is 4.79 Å². The van der Waals surface area contributed by atoms with Crippen LogP contribution >= 0.6 is 11.6 Å². The van der Waals surface area contributed by atoms with Crippen LogP contribution in [0.5, 0.6) is 0 Å². The Hall–Kier alpha value is -2.96. The summed E-state index contributed by atoms with van der Waals surface area (Å²) in [6.45, 7) is 20.7. The highest BCUT2D eigenvalue weighted by molar-refractivity contribution is 6.30. The van der Waals surface area contributed by atoms with Crippen molar-refractivity contribution in [3.8, 4) is 0 Å². The molecule has 0 spiro atoms. The standard InChI is InChI=1S/C44H64ClNO6.C2HF3O2/c1-26(2)36-30(47)22-44(33(48)25-46-24-27-10-12-28(45)13-11-27)21-20-42(8)29(37(36)44)14-15-32-41(7)18-17-34(52-35(49)23-39(3,4)38(50)51)40(5,6)31(41)16-19-43(32,42)9;3-2(4,5)1(6)7/h10-13,26,29,31-34,46,48H,14-25H2,1-9H3,(H,50,51);(H,6,7)/t29-,31+,32-,33?,34+,41+,42-,43-,44+;/m1./s1. The molecule has 9 atom stereocenters. The molecule has 0 saturated heterocycles. The summed E-state index contributed by atoms with van der Waals surface area (Å²) in [6, 6.07) is 7.79. The van der Waals surface area contributed by atoms with Crippen molar-refractivity contribution in [2.45, 2.75) is 151 Å². The molecule has 0 radical (unpaired) electrons. The fourth-order valence-corrected chi connectivity index (χ4v) is 13.2. The maximum atomic E-state index is 14.0. The third kappa shape index (κ3) is 8.37. The number of rotatable bonds is 10. The van der Waals surface area contributed by atoms with Gasteiger partial charge in [0, 0.05) is 35.4 Å². The number of allylic oxidation sites excluding steroid dienone is 1.